The van der Waals surface area contributed by atoms with Crippen molar-refractivity contribution in [3.8, 4) is 0 Å². The van der Waals surface area contributed by atoms with Crippen LogP contribution in [-0.4, -0.2) is 45.2 Å². The van der Waals surface area contributed by atoms with E-state index in [2.05, 4.69) is 20.6 Å². The normalized spacial score (nSPS) is 14.4. The molecule has 0 aliphatic carbocycles. The second kappa shape index (κ2) is 8.49. The first kappa shape index (κ1) is 19.3. The van der Waals surface area contributed by atoms with Crippen molar-refractivity contribution in [1.82, 2.24) is 20.2 Å². The van der Waals surface area contributed by atoms with E-state index in [0.717, 1.165) is 16.8 Å². The molecular formula is C18H21ClFN5O2. The van der Waals surface area contributed by atoms with Gasteiger partial charge in [0, 0.05) is 25.3 Å². The fraction of sp³-hybridized carbons (Fsp3) is 0.389. The lowest BCUT2D eigenvalue weighted by atomic mass is 10.1. The Labute approximate surface area is 161 Å². The van der Waals surface area contributed by atoms with Gasteiger partial charge >= 0.3 is 6.03 Å². The number of nitrogens with one attached hydrogen (secondary N) is 2. The molecule has 2 heterocycles. The number of aliphatic hydroxyl groups excluding tert-OH is 1. The highest BCUT2D eigenvalue weighted by atomic mass is 35.5. The number of rotatable bonds is 5. The van der Waals surface area contributed by atoms with E-state index in [0.29, 0.717) is 25.5 Å². The van der Waals surface area contributed by atoms with E-state index in [4.69, 9.17) is 16.7 Å². The third kappa shape index (κ3) is 4.84. The Morgan fingerprint density at radius 2 is 2.30 bits per heavy atom. The molecular weight excluding hydrogens is 373 g/mol. The molecule has 1 aromatic carbocycles. The minimum atomic E-state index is -0.487. The number of carbonyl (C=O) groups is 1. The summed E-state index contributed by atoms with van der Waals surface area (Å²) in [5.41, 5.74) is 2.51. The number of halogens is 2. The van der Waals surface area contributed by atoms with Crippen molar-refractivity contribution in [3.63, 3.8) is 0 Å². The Bertz CT molecular complexity index is 835. The largest absolute Gasteiger partial charge is 0.394 e. The summed E-state index contributed by atoms with van der Waals surface area (Å²) < 4.78 is 13.2. The first-order valence-corrected chi connectivity index (χ1v) is 9.03. The van der Waals surface area contributed by atoms with Gasteiger partial charge in [0.15, 0.2) is 0 Å². The molecule has 3 N–H and O–H groups in total. The number of fused-ring (bicyclic) bond motifs is 1. The fourth-order valence-electron chi connectivity index (χ4n) is 2.75. The number of carbonyl (C=O) groups excluding carboxylic acids is 1. The summed E-state index contributed by atoms with van der Waals surface area (Å²) in [6.07, 6.45) is 2.42. The monoisotopic (exact) mass is 393 g/mol. The smallest absolute Gasteiger partial charge is 0.318 e. The predicted octanol–water partition coefficient (Wildman–Crippen LogP) is 2.33. The fourth-order valence-corrected chi connectivity index (χ4v) is 2.95. The van der Waals surface area contributed by atoms with Gasteiger partial charge in [0.05, 0.1) is 23.9 Å². The minimum Gasteiger partial charge on any atom is -0.394 e. The Hall–Kier alpha value is -2.45. The Kier molecular flexibility index (Phi) is 6.08. The van der Waals surface area contributed by atoms with Gasteiger partial charge in [-0.25, -0.2) is 19.2 Å². The molecule has 1 aliphatic rings. The maximum Gasteiger partial charge on any atom is 0.318 e. The van der Waals surface area contributed by atoms with Crippen LogP contribution in [0.5, 0.6) is 0 Å². The van der Waals surface area contributed by atoms with Crippen LogP contribution in [0.4, 0.5) is 15.1 Å². The topological polar surface area (TPSA) is 90.4 Å². The van der Waals surface area contributed by atoms with Gasteiger partial charge in [0.25, 0.3) is 0 Å². The molecule has 0 radical (unpaired) electrons. The minimum absolute atomic E-state index is 0.0254. The Morgan fingerprint density at radius 1 is 1.48 bits per heavy atom. The quantitative estimate of drug-likeness (QED) is 0.725. The molecule has 1 aromatic heterocycles. The molecule has 0 spiro atoms. The molecule has 3 rings (SSSR count). The third-order valence-electron chi connectivity index (χ3n) is 4.31. The average molecular weight is 394 g/mol. The zero-order valence-electron chi connectivity index (χ0n) is 14.9. The lowest BCUT2D eigenvalue weighted by Crippen LogP contribution is -2.42. The van der Waals surface area contributed by atoms with E-state index in [1.165, 1.54) is 12.1 Å². The highest BCUT2D eigenvalue weighted by molar-refractivity contribution is 6.30. The van der Waals surface area contributed by atoms with Crippen molar-refractivity contribution in [2.24, 2.45) is 0 Å². The number of hydrogen-bond donors (Lipinski definition) is 3. The Morgan fingerprint density at radius 3 is 3.04 bits per heavy atom. The maximum absolute atomic E-state index is 13.2. The van der Waals surface area contributed by atoms with Crippen LogP contribution in [0.15, 0.2) is 24.4 Å². The first-order chi connectivity index (χ1) is 13.0. The molecule has 7 nitrogen and oxygen atoms in total. The average Bonchev–Trinajstić information content (AvgIpc) is 2.68. The Balaban J connectivity index is 1.61. The van der Waals surface area contributed by atoms with Gasteiger partial charge < -0.3 is 20.6 Å². The van der Waals surface area contributed by atoms with Crippen LogP contribution in [0.3, 0.4) is 0 Å². The zero-order chi connectivity index (χ0) is 19.4. The van der Waals surface area contributed by atoms with Crippen molar-refractivity contribution in [2.45, 2.75) is 32.5 Å². The van der Waals surface area contributed by atoms with Crippen molar-refractivity contribution >= 4 is 23.6 Å². The standard InChI is InChI=1S/C18H21ClFN5O2/c1-11(10-26)23-17-21-8-13-4-5-25(9-16(13)24-17)18(27)22-7-12-2-3-15(20)14(19)6-12/h2-3,6,8,11,26H,4-5,7,9-10H2,1H3,(H,22,27)(H,21,23,24). The van der Waals surface area contributed by atoms with Crippen molar-refractivity contribution in [3.05, 3.63) is 52.1 Å². The van der Waals surface area contributed by atoms with Crippen LogP contribution in [-0.2, 0) is 19.5 Å². The number of anilines is 1. The van der Waals surface area contributed by atoms with E-state index >= 15 is 0 Å². The van der Waals surface area contributed by atoms with Gasteiger partial charge in [0.1, 0.15) is 5.82 Å². The van der Waals surface area contributed by atoms with Gasteiger partial charge in [-0.15, -0.1) is 0 Å². The van der Waals surface area contributed by atoms with Crippen molar-refractivity contribution < 1.29 is 14.3 Å². The zero-order valence-corrected chi connectivity index (χ0v) is 15.6. The van der Waals surface area contributed by atoms with Crippen LogP contribution < -0.4 is 10.6 Å². The second-order valence-electron chi connectivity index (χ2n) is 6.47. The lowest BCUT2D eigenvalue weighted by Gasteiger charge is -2.28. The highest BCUT2D eigenvalue weighted by Crippen LogP contribution is 2.19. The van der Waals surface area contributed by atoms with Crippen LogP contribution in [0.25, 0.3) is 0 Å². The van der Waals surface area contributed by atoms with Crippen molar-refractivity contribution in [1.29, 1.82) is 0 Å². The summed E-state index contributed by atoms with van der Waals surface area (Å²) in [6, 6.07) is 3.97. The molecule has 9 heteroatoms. The van der Waals surface area contributed by atoms with E-state index in [1.54, 1.807) is 17.2 Å². The number of urea groups is 1. The molecule has 1 aliphatic heterocycles. The van der Waals surface area contributed by atoms with Gasteiger partial charge in [-0.05, 0) is 36.6 Å². The van der Waals surface area contributed by atoms with Crippen LogP contribution in [0.2, 0.25) is 5.02 Å². The maximum atomic E-state index is 13.2. The molecule has 0 saturated heterocycles. The van der Waals surface area contributed by atoms with Crippen LogP contribution in [0.1, 0.15) is 23.7 Å². The van der Waals surface area contributed by atoms with Gasteiger partial charge in [-0.2, -0.15) is 0 Å². The lowest BCUT2D eigenvalue weighted by molar-refractivity contribution is 0.191. The van der Waals surface area contributed by atoms with Gasteiger partial charge in [-0.3, -0.25) is 0 Å². The first-order valence-electron chi connectivity index (χ1n) is 8.65. The van der Waals surface area contributed by atoms with E-state index in [9.17, 15) is 9.18 Å². The number of aromatic nitrogens is 2. The molecule has 1 atom stereocenters. The van der Waals surface area contributed by atoms with Crippen LogP contribution in [0, 0.1) is 5.82 Å². The van der Waals surface area contributed by atoms with E-state index in [-0.39, 0.29) is 30.2 Å². The summed E-state index contributed by atoms with van der Waals surface area (Å²) in [4.78, 5) is 22.8. The van der Waals surface area contributed by atoms with E-state index in [1.807, 2.05) is 6.92 Å². The molecule has 2 aromatic rings. The number of aliphatic hydroxyl groups is 1. The molecule has 2 amide bonds. The molecule has 1 unspecified atom stereocenters. The summed E-state index contributed by atoms with van der Waals surface area (Å²) in [6.45, 7) is 2.99. The molecule has 27 heavy (non-hydrogen) atoms. The highest BCUT2D eigenvalue weighted by Gasteiger charge is 2.22. The van der Waals surface area contributed by atoms with Gasteiger partial charge in [-0.1, -0.05) is 17.7 Å². The number of nitrogens with zero attached hydrogens (tertiary/aromatic N) is 3. The predicted molar refractivity (Wildman–Crippen MR) is 100.0 cm³/mol. The summed E-state index contributed by atoms with van der Waals surface area (Å²) >= 11 is 5.76. The summed E-state index contributed by atoms with van der Waals surface area (Å²) in [5, 5.41) is 15.0. The van der Waals surface area contributed by atoms with E-state index < -0.39 is 5.82 Å². The van der Waals surface area contributed by atoms with Crippen LogP contribution >= 0.6 is 11.6 Å². The van der Waals surface area contributed by atoms with Crippen molar-refractivity contribution in [2.75, 3.05) is 18.5 Å². The second-order valence-corrected chi connectivity index (χ2v) is 6.88. The SMILES string of the molecule is CC(CO)Nc1ncc2c(n1)CN(C(=O)NCc1ccc(F)c(Cl)c1)CC2. The number of hydrogen-bond acceptors (Lipinski definition) is 5. The third-order valence-corrected chi connectivity index (χ3v) is 4.60. The summed E-state index contributed by atoms with van der Waals surface area (Å²) in [7, 11) is 0. The molecule has 144 valence electrons. The summed E-state index contributed by atoms with van der Waals surface area (Å²) in [5.74, 6) is -0.0579. The molecule has 0 saturated carbocycles. The number of amides is 2. The molecule has 0 fully saturated rings. The number of benzene rings is 1. The van der Waals surface area contributed by atoms with Gasteiger partial charge in [0.2, 0.25) is 5.95 Å². The molecule has 0 bridgehead atoms.